The van der Waals surface area contributed by atoms with Crippen molar-refractivity contribution < 1.29 is 4.79 Å². The van der Waals surface area contributed by atoms with Crippen LogP contribution in [0.25, 0.3) is 0 Å². The summed E-state index contributed by atoms with van der Waals surface area (Å²) < 4.78 is 3.70. The van der Waals surface area contributed by atoms with Crippen molar-refractivity contribution in [2.45, 2.75) is 38.1 Å². The molecule has 1 aromatic heterocycles. The molecule has 1 aromatic rings. The molecule has 1 amide bonds. The molecule has 0 saturated heterocycles. The van der Waals surface area contributed by atoms with Gasteiger partial charge in [0.15, 0.2) is 5.69 Å². The summed E-state index contributed by atoms with van der Waals surface area (Å²) in [5.74, 6) is 0.259. The van der Waals surface area contributed by atoms with Gasteiger partial charge in [-0.2, -0.15) is 0 Å². The molecular weight excluding hydrogens is 236 g/mol. The van der Waals surface area contributed by atoms with Crippen LogP contribution in [0.1, 0.15) is 43.1 Å². The van der Waals surface area contributed by atoms with Crippen LogP contribution in [0.5, 0.6) is 0 Å². The molecule has 2 atom stereocenters. The fraction of sp³-hybridized carbons (Fsp3) is 0.727. The summed E-state index contributed by atoms with van der Waals surface area (Å²) in [4.78, 5) is 12.0. The Labute approximate surface area is 105 Å². The minimum absolute atomic E-state index is 0.155. The van der Waals surface area contributed by atoms with Gasteiger partial charge in [0.1, 0.15) is 0 Å². The molecule has 1 aliphatic rings. The molecule has 2 unspecified atom stereocenters. The molecule has 1 fully saturated rings. The quantitative estimate of drug-likeness (QED) is 0.848. The number of aromatic nitrogens is 2. The van der Waals surface area contributed by atoms with Gasteiger partial charge in [0.2, 0.25) is 0 Å². The first kappa shape index (κ1) is 12.4. The maximum atomic E-state index is 12.0. The Morgan fingerprint density at radius 1 is 1.71 bits per heavy atom. The third kappa shape index (κ3) is 2.47. The molecule has 17 heavy (non-hydrogen) atoms. The molecule has 0 aliphatic heterocycles. The van der Waals surface area contributed by atoms with Crippen molar-refractivity contribution in [2.75, 3.05) is 6.54 Å². The number of rotatable bonds is 3. The third-order valence-corrected chi connectivity index (χ3v) is 4.28. The fourth-order valence-corrected chi connectivity index (χ4v) is 2.94. The van der Waals surface area contributed by atoms with Gasteiger partial charge in [-0.3, -0.25) is 4.79 Å². The number of hydrogen-bond acceptors (Lipinski definition) is 5. The molecule has 3 N–H and O–H groups in total. The number of nitrogens with two attached hydrogens (primary N) is 1. The first-order valence-electron chi connectivity index (χ1n) is 5.97. The van der Waals surface area contributed by atoms with Gasteiger partial charge in [0, 0.05) is 11.9 Å². The maximum absolute atomic E-state index is 12.0. The van der Waals surface area contributed by atoms with Crippen LogP contribution in [-0.2, 0) is 0 Å². The van der Waals surface area contributed by atoms with E-state index in [1.165, 1.54) is 18.0 Å². The maximum Gasteiger partial charge on any atom is 0.273 e. The SMILES string of the molecule is CC1CCCCC1(CN)NC(=O)c1csnn1. The number of carbonyl (C=O) groups is 1. The van der Waals surface area contributed by atoms with Crippen LogP contribution in [0.2, 0.25) is 0 Å². The molecule has 94 valence electrons. The summed E-state index contributed by atoms with van der Waals surface area (Å²) in [6.07, 6.45) is 4.41. The second kappa shape index (κ2) is 5.10. The Kier molecular flexibility index (Phi) is 3.73. The summed E-state index contributed by atoms with van der Waals surface area (Å²) in [6, 6.07) is 0. The monoisotopic (exact) mass is 254 g/mol. The Balaban J connectivity index is 2.11. The van der Waals surface area contributed by atoms with E-state index in [2.05, 4.69) is 21.8 Å². The van der Waals surface area contributed by atoms with Gasteiger partial charge in [0.05, 0.1) is 5.54 Å². The Hall–Kier alpha value is -1.01. The smallest absolute Gasteiger partial charge is 0.273 e. The molecule has 5 nitrogen and oxygen atoms in total. The lowest BCUT2D eigenvalue weighted by Crippen LogP contribution is -2.59. The van der Waals surface area contributed by atoms with E-state index in [1.54, 1.807) is 5.38 Å². The van der Waals surface area contributed by atoms with Crippen LogP contribution in [-0.4, -0.2) is 27.6 Å². The second-order valence-electron chi connectivity index (χ2n) is 4.75. The van der Waals surface area contributed by atoms with E-state index in [0.717, 1.165) is 19.3 Å². The molecule has 0 bridgehead atoms. The van der Waals surface area contributed by atoms with Crippen molar-refractivity contribution in [2.24, 2.45) is 11.7 Å². The van der Waals surface area contributed by atoms with Gasteiger partial charge in [-0.1, -0.05) is 24.3 Å². The Morgan fingerprint density at radius 3 is 3.12 bits per heavy atom. The summed E-state index contributed by atoms with van der Waals surface area (Å²) in [7, 11) is 0. The summed E-state index contributed by atoms with van der Waals surface area (Å²) in [5.41, 5.74) is 6.01. The van der Waals surface area contributed by atoms with E-state index >= 15 is 0 Å². The molecular formula is C11H18N4OS. The number of nitrogens with zero attached hydrogens (tertiary/aromatic N) is 2. The van der Waals surface area contributed by atoms with Gasteiger partial charge in [-0.25, -0.2) is 0 Å². The average Bonchev–Trinajstić information content (AvgIpc) is 2.86. The molecule has 1 saturated carbocycles. The van der Waals surface area contributed by atoms with E-state index < -0.39 is 0 Å². The number of amides is 1. The summed E-state index contributed by atoms with van der Waals surface area (Å²) in [6.45, 7) is 2.64. The van der Waals surface area contributed by atoms with Gasteiger partial charge in [0.25, 0.3) is 5.91 Å². The molecule has 0 spiro atoms. The number of carbonyl (C=O) groups excluding carboxylic acids is 1. The van der Waals surface area contributed by atoms with E-state index in [-0.39, 0.29) is 11.4 Å². The van der Waals surface area contributed by atoms with Crippen LogP contribution >= 0.6 is 11.5 Å². The van der Waals surface area contributed by atoms with Crippen molar-refractivity contribution in [3.8, 4) is 0 Å². The molecule has 1 aliphatic carbocycles. The molecule has 6 heteroatoms. The van der Waals surface area contributed by atoms with Crippen LogP contribution < -0.4 is 11.1 Å². The van der Waals surface area contributed by atoms with Crippen molar-refractivity contribution >= 4 is 17.4 Å². The van der Waals surface area contributed by atoms with Crippen LogP contribution in [0.3, 0.4) is 0 Å². The molecule has 0 aromatic carbocycles. The normalized spacial score (nSPS) is 28.9. The average molecular weight is 254 g/mol. The zero-order chi connectivity index (χ0) is 12.3. The number of nitrogens with one attached hydrogen (secondary N) is 1. The van der Waals surface area contributed by atoms with Gasteiger partial charge >= 0.3 is 0 Å². The van der Waals surface area contributed by atoms with Crippen molar-refractivity contribution in [1.82, 2.24) is 14.9 Å². The second-order valence-corrected chi connectivity index (χ2v) is 5.36. The van der Waals surface area contributed by atoms with Crippen molar-refractivity contribution in [3.63, 3.8) is 0 Å². The minimum Gasteiger partial charge on any atom is -0.344 e. The highest BCUT2D eigenvalue weighted by Crippen LogP contribution is 2.33. The van der Waals surface area contributed by atoms with E-state index in [4.69, 9.17) is 5.73 Å². The minimum atomic E-state index is -0.265. The largest absolute Gasteiger partial charge is 0.344 e. The standard InChI is InChI=1S/C11H18N4OS/c1-8-4-2-3-5-11(8,7-12)13-10(16)9-6-17-15-14-9/h6,8H,2-5,7,12H2,1H3,(H,13,16). The first-order valence-corrected chi connectivity index (χ1v) is 6.81. The highest BCUT2D eigenvalue weighted by Gasteiger charge is 2.38. The van der Waals surface area contributed by atoms with E-state index in [0.29, 0.717) is 18.2 Å². The zero-order valence-corrected chi connectivity index (χ0v) is 10.8. The lowest BCUT2D eigenvalue weighted by molar-refractivity contribution is 0.0807. The van der Waals surface area contributed by atoms with Crippen LogP contribution in [0, 0.1) is 5.92 Å². The zero-order valence-electron chi connectivity index (χ0n) is 9.98. The molecule has 0 radical (unpaired) electrons. The number of hydrogen-bond donors (Lipinski definition) is 2. The van der Waals surface area contributed by atoms with Crippen molar-refractivity contribution in [1.29, 1.82) is 0 Å². The topological polar surface area (TPSA) is 80.9 Å². The van der Waals surface area contributed by atoms with Gasteiger partial charge in [-0.05, 0) is 30.3 Å². The van der Waals surface area contributed by atoms with Gasteiger partial charge < -0.3 is 11.1 Å². The van der Waals surface area contributed by atoms with E-state index in [9.17, 15) is 4.79 Å². The Bertz CT molecular complexity index is 381. The predicted octanol–water partition coefficient (Wildman–Crippen LogP) is 1.18. The van der Waals surface area contributed by atoms with Gasteiger partial charge in [-0.15, -0.1) is 5.10 Å². The summed E-state index contributed by atoms with van der Waals surface area (Å²) >= 11 is 1.18. The van der Waals surface area contributed by atoms with Crippen LogP contribution in [0.15, 0.2) is 5.38 Å². The van der Waals surface area contributed by atoms with E-state index in [1.807, 2.05) is 0 Å². The predicted molar refractivity (Wildman–Crippen MR) is 66.8 cm³/mol. The fourth-order valence-electron chi connectivity index (χ4n) is 2.51. The molecule has 1 heterocycles. The first-order chi connectivity index (χ1) is 8.18. The lowest BCUT2D eigenvalue weighted by atomic mass is 9.73. The molecule has 2 rings (SSSR count). The lowest BCUT2D eigenvalue weighted by Gasteiger charge is -2.42. The van der Waals surface area contributed by atoms with Crippen LogP contribution in [0.4, 0.5) is 0 Å². The Morgan fingerprint density at radius 2 is 2.53 bits per heavy atom. The third-order valence-electron chi connectivity index (χ3n) is 3.77. The van der Waals surface area contributed by atoms with Crippen molar-refractivity contribution in [3.05, 3.63) is 11.1 Å². The highest BCUT2D eigenvalue weighted by atomic mass is 32.1. The summed E-state index contributed by atoms with van der Waals surface area (Å²) in [5, 5.41) is 8.52. The highest BCUT2D eigenvalue weighted by molar-refractivity contribution is 7.03.